The number of benzene rings is 1. The number of amides is 1. The highest BCUT2D eigenvalue weighted by Gasteiger charge is 2.29. The number of aromatic nitrogens is 1. The molecule has 1 aromatic carbocycles. The molecule has 3 rings (SSSR count). The topological polar surface area (TPSA) is 51.7 Å². The van der Waals surface area contributed by atoms with Crippen molar-refractivity contribution in [1.29, 1.82) is 0 Å². The van der Waals surface area contributed by atoms with Crippen molar-refractivity contribution in [2.24, 2.45) is 0 Å². The lowest BCUT2D eigenvalue weighted by molar-refractivity contribution is 0.0177. The van der Waals surface area contributed by atoms with E-state index in [0.29, 0.717) is 13.1 Å². The van der Waals surface area contributed by atoms with Gasteiger partial charge in [0.05, 0.1) is 13.1 Å². The van der Waals surface area contributed by atoms with Crippen molar-refractivity contribution in [3.05, 3.63) is 36.2 Å². The van der Waals surface area contributed by atoms with E-state index in [1.54, 1.807) is 11.1 Å². The van der Waals surface area contributed by atoms with Gasteiger partial charge < -0.3 is 14.4 Å². The Morgan fingerprint density at radius 2 is 2.17 bits per heavy atom. The fourth-order valence-electron chi connectivity index (χ4n) is 2.84. The quantitative estimate of drug-likeness (QED) is 0.789. The number of rotatable bonds is 1. The molecule has 1 amide bonds. The summed E-state index contributed by atoms with van der Waals surface area (Å²) in [6.45, 7) is 8.69. The van der Waals surface area contributed by atoms with Gasteiger partial charge in [0.25, 0.3) is 0 Å². The first kappa shape index (κ1) is 16.6. The molecule has 1 atom stereocenters. The summed E-state index contributed by atoms with van der Waals surface area (Å²) in [6.07, 6.45) is 4.04. The van der Waals surface area contributed by atoms with Crippen LogP contribution < -0.4 is 4.74 Å². The maximum Gasteiger partial charge on any atom is 0.410 e. The molecule has 0 saturated heterocycles. The lowest BCUT2D eigenvalue weighted by Gasteiger charge is -2.27. The van der Waals surface area contributed by atoms with E-state index in [-0.39, 0.29) is 12.2 Å². The van der Waals surface area contributed by atoms with Crippen LogP contribution in [0.1, 0.15) is 39.7 Å². The van der Waals surface area contributed by atoms with Crippen LogP contribution in [0.2, 0.25) is 0 Å². The van der Waals surface area contributed by atoms with Gasteiger partial charge in [0.1, 0.15) is 17.5 Å². The third-order valence-electron chi connectivity index (χ3n) is 4.03. The molecule has 0 aliphatic carbocycles. The van der Waals surface area contributed by atoms with E-state index in [1.165, 1.54) is 0 Å². The minimum atomic E-state index is -0.512. The summed E-state index contributed by atoms with van der Waals surface area (Å²) in [5.74, 6) is 0.832. The van der Waals surface area contributed by atoms with Gasteiger partial charge in [-0.1, -0.05) is 19.1 Å². The first-order valence-electron chi connectivity index (χ1n) is 8.37. The molecule has 1 aromatic heterocycles. The van der Waals surface area contributed by atoms with Crippen LogP contribution in [-0.4, -0.2) is 34.2 Å². The molecule has 24 heavy (non-hydrogen) atoms. The largest absolute Gasteiger partial charge is 0.488 e. The van der Waals surface area contributed by atoms with Gasteiger partial charge in [-0.15, -0.1) is 0 Å². The molecule has 2 aromatic rings. The summed E-state index contributed by atoms with van der Waals surface area (Å²) in [5.41, 5.74) is 0.472. The van der Waals surface area contributed by atoms with Crippen molar-refractivity contribution in [2.75, 3.05) is 6.54 Å². The van der Waals surface area contributed by atoms with Crippen LogP contribution in [0.15, 0.2) is 30.6 Å². The van der Waals surface area contributed by atoms with Crippen LogP contribution in [0, 0.1) is 0 Å². The Morgan fingerprint density at radius 1 is 1.38 bits per heavy atom. The second-order valence-electron chi connectivity index (χ2n) is 7.16. The van der Waals surface area contributed by atoms with Gasteiger partial charge >= 0.3 is 6.09 Å². The minimum absolute atomic E-state index is 0.0652. The molecule has 5 heteroatoms. The SMILES string of the molecule is CC[C@@H]1CN(C(=O)OC(C)(C)C)Cc2ccc3ccncc3c2O1. The number of pyridine rings is 1. The molecule has 0 N–H and O–H groups in total. The normalized spacial score (nSPS) is 17.8. The summed E-state index contributed by atoms with van der Waals surface area (Å²) >= 11 is 0. The molecule has 128 valence electrons. The van der Waals surface area contributed by atoms with Crippen LogP contribution in [0.3, 0.4) is 0 Å². The van der Waals surface area contributed by atoms with Crippen LogP contribution in [0.5, 0.6) is 5.75 Å². The highest BCUT2D eigenvalue weighted by molar-refractivity contribution is 5.89. The lowest BCUT2D eigenvalue weighted by atomic mass is 10.1. The maximum atomic E-state index is 12.5. The first-order chi connectivity index (χ1) is 11.4. The third kappa shape index (κ3) is 3.45. The average molecular weight is 328 g/mol. The van der Waals surface area contributed by atoms with Gasteiger partial charge in [0.2, 0.25) is 0 Å². The molecular weight excluding hydrogens is 304 g/mol. The van der Waals surface area contributed by atoms with Crippen molar-refractivity contribution in [2.45, 2.75) is 52.4 Å². The van der Waals surface area contributed by atoms with Gasteiger partial charge in [-0.05, 0) is 38.6 Å². The molecular formula is C19H24N2O3. The second-order valence-corrected chi connectivity index (χ2v) is 7.16. The number of nitrogens with zero attached hydrogens (tertiary/aromatic N) is 2. The van der Waals surface area contributed by atoms with Gasteiger partial charge in [-0.3, -0.25) is 4.98 Å². The third-order valence-corrected chi connectivity index (χ3v) is 4.03. The van der Waals surface area contributed by atoms with Crippen molar-refractivity contribution in [3.8, 4) is 5.75 Å². The number of fused-ring (bicyclic) bond motifs is 3. The molecule has 5 nitrogen and oxygen atoms in total. The summed E-state index contributed by atoms with van der Waals surface area (Å²) in [5, 5.41) is 2.07. The Labute approximate surface area is 142 Å². The number of carbonyl (C=O) groups excluding carboxylic acids is 1. The molecule has 2 heterocycles. The van der Waals surface area contributed by atoms with Crippen molar-refractivity contribution >= 4 is 16.9 Å². The number of carbonyl (C=O) groups is 1. The number of hydrogen-bond acceptors (Lipinski definition) is 4. The lowest BCUT2D eigenvalue weighted by Crippen LogP contribution is -2.40. The van der Waals surface area contributed by atoms with Gasteiger partial charge in [0, 0.05) is 23.3 Å². The highest BCUT2D eigenvalue weighted by Crippen LogP contribution is 2.34. The molecule has 0 unspecified atom stereocenters. The molecule has 0 saturated carbocycles. The fraction of sp³-hybridized carbons (Fsp3) is 0.474. The summed E-state index contributed by atoms with van der Waals surface area (Å²) in [4.78, 5) is 18.5. The Bertz CT molecular complexity index is 752. The van der Waals surface area contributed by atoms with E-state index in [4.69, 9.17) is 9.47 Å². The van der Waals surface area contributed by atoms with E-state index in [0.717, 1.165) is 28.5 Å². The number of ether oxygens (including phenoxy) is 2. The van der Waals surface area contributed by atoms with E-state index in [9.17, 15) is 4.79 Å². The number of hydrogen-bond donors (Lipinski definition) is 0. The smallest absolute Gasteiger partial charge is 0.410 e. The summed E-state index contributed by atoms with van der Waals surface area (Å²) in [7, 11) is 0. The minimum Gasteiger partial charge on any atom is -0.488 e. The molecule has 1 aliphatic rings. The predicted octanol–water partition coefficient (Wildman–Crippen LogP) is 4.14. The zero-order valence-corrected chi connectivity index (χ0v) is 14.7. The Balaban J connectivity index is 1.98. The van der Waals surface area contributed by atoms with Crippen LogP contribution >= 0.6 is 0 Å². The Hall–Kier alpha value is -2.30. The Morgan fingerprint density at radius 3 is 2.88 bits per heavy atom. The standard InChI is InChI=1S/C19H24N2O3/c1-5-15-12-21(18(22)24-19(2,3)4)11-14-7-6-13-8-9-20-10-16(13)17(14)23-15/h6-10,15H,5,11-12H2,1-4H3/t15-/m1/s1. The van der Waals surface area contributed by atoms with E-state index in [1.807, 2.05) is 45.2 Å². The highest BCUT2D eigenvalue weighted by atomic mass is 16.6. The zero-order valence-electron chi connectivity index (χ0n) is 14.7. The average Bonchev–Trinajstić information content (AvgIpc) is 2.72. The second kappa shape index (κ2) is 6.30. The van der Waals surface area contributed by atoms with Crippen LogP contribution in [0.25, 0.3) is 10.8 Å². The maximum absolute atomic E-state index is 12.5. The van der Waals surface area contributed by atoms with Gasteiger partial charge in [0.15, 0.2) is 0 Å². The molecule has 0 bridgehead atoms. The van der Waals surface area contributed by atoms with Gasteiger partial charge in [-0.25, -0.2) is 4.79 Å². The van der Waals surface area contributed by atoms with Crippen molar-refractivity contribution < 1.29 is 14.3 Å². The summed E-state index contributed by atoms with van der Waals surface area (Å²) in [6, 6.07) is 6.03. The molecule has 0 spiro atoms. The first-order valence-corrected chi connectivity index (χ1v) is 8.37. The fourth-order valence-corrected chi connectivity index (χ4v) is 2.84. The molecule has 1 aliphatic heterocycles. The predicted molar refractivity (Wildman–Crippen MR) is 93.1 cm³/mol. The monoisotopic (exact) mass is 328 g/mol. The van der Waals surface area contributed by atoms with Gasteiger partial charge in [-0.2, -0.15) is 0 Å². The van der Waals surface area contributed by atoms with Crippen molar-refractivity contribution in [3.63, 3.8) is 0 Å². The summed E-state index contributed by atoms with van der Waals surface area (Å²) < 4.78 is 11.8. The van der Waals surface area contributed by atoms with Crippen LogP contribution in [0.4, 0.5) is 4.79 Å². The van der Waals surface area contributed by atoms with E-state index >= 15 is 0 Å². The zero-order chi connectivity index (χ0) is 17.3. The Kier molecular flexibility index (Phi) is 4.35. The van der Waals surface area contributed by atoms with Crippen LogP contribution in [-0.2, 0) is 11.3 Å². The molecule has 0 fully saturated rings. The van der Waals surface area contributed by atoms with E-state index in [2.05, 4.69) is 11.9 Å². The van der Waals surface area contributed by atoms with Crippen molar-refractivity contribution in [1.82, 2.24) is 9.88 Å². The van der Waals surface area contributed by atoms with E-state index < -0.39 is 5.60 Å². The molecule has 0 radical (unpaired) electrons.